The molecule has 0 bridgehead atoms. The third kappa shape index (κ3) is 9.98. The Labute approximate surface area is 242 Å². The molecule has 0 saturated carbocycles. The first-order valence-electron chi connectivity index (χ1n) is 10.2. The monoisotopic (exact) mass is 674 g/mol. The van der Waals surface area contributed by atoms with E-state index in [0.717, 1.165) is 12.4 Å². The molecular weight excluding hydrogens is 664 g/mol. The van der Waals surface area contributed by atoms with Gasteiger partial charge in [0.15, 0.2) is 0 Å². The number of hydrogen-bond donors (Lipinski definition) is 1. The van der Waals surface area contributed by atoms with E-state index in [9.17, 15) is 20.2 Å². The quantitative estimate of drug-likeness (QED) is 0.133. The van der Waals surface area contributed by atoms with Crippen molar-refractivity contribution < 1.29 is 19.7 Å². The average Bonchev–Trinajstić information content (AvgIpc) is 2.92. The molecule has 4 rings (SSSR count). The number of nitro groups is 2. The van der Waals surface area contributed by atoms with Crippen molar-refractivity contribution in [1.29, 1.82) is 10.5 Å². The second-order valence-electron chi connectivity index (χ2n) is 6.85. The molecule has 2 aromatic heterocycles. The highest BCUT2D eigenvalue weighted by atomic mass is 79.9. The van der Waals surface area contributed by atoms with Crippen LogP contribution in [0.25, 0.3) is 0 Å². The number of benzene rings is 2. The lowest BCUT2D eigenvalue weighted by Gasteiger charge is -2.06. The van der Waals surface area contributed by atoms with Crippen LogP contribution in [0.1, 0.15) is 11.1 Å². The summed E-state index contributed by atoms with van der Waals surface area (Å²) < 4.78 is 6.60. The topological polar surface area (TPSA) is 189 Å². The molecule has 0 amide bonds. The molecule has 0 aliphatic rings. The number of aromatic nitrogens is 2. The Balaban J connectivity index is 0.000000225. The average molecular weight is 677 g/mol. The Morgan fingerprint density at radius 2 is 1.36 bits per heavy atom. The molecule has 1 N–H and O–H groups in total. The summed E-state index contributed by atoms with van der Waals surface area (Å²) in [5, 5.41) is 46.9. The van der Waals surface area contributed by atoms with Gasteiger partial charge >= 0.3 is 0 Å². The van der Waals surface area contributed by atoms with Crippen molar-refractivity contribution in [1.82, 2.24) is 9.97 Å². The fourth-order valence-corrected chi connectivity index (χ4v) is 3.31. The van der Waals surface area contributed by atoms with Crippen LogP contribution in [0.2, 0.25) is 5.15 Å². The molecule has 0 spiro atoms. The fraction of sp³-hybridized carbons (Fsp3) is 0. The Hall–Kier alpha value is -4.63. The van der Waals surface area contributed by atoms with Crippen molar-refractivity contribution in [3.05, 3.63) is 119 Å². The molecule has 0 aliphatic heterocycles. The van der Waals surface area contributed by atoms with Crippen molar-refractivity contribution >= 4 is 54.8 Å². The maximum Gasteiger partial charge on any atom is 0.287 e. The van der Waals surface area contributed by atoms with Crippen LogP contribution in [0.5, 0.6) is 17.4 Å². The number of phenols is 1. The Morgan fingerprint density at radius 1 is 0.821 bits per heavy atom. The summed E-state index contributed by atoms with van der Waals surface area (Å²) in [4.78, 5) is 26.8. The second kappa shape index (κ2) is 14.9. The first kappa shape index (κ1) is 30.6. The van der Waals surface area contributed by atoms with Crippen LogP contribution in [0.15, 0.2) is 82.0 Å². The van der Waals surface area contributed by atoms with Gasteiger partial charge in [-0.05, 0) is 74.3 Å². The minimum absolute atomic E-state index is 0.0515. The molecule has 39 heavy (non-hydrogen) atoms. The largest absolute Gasteiger partial charge is 0.507 e. The van der Waals surface area contributed by atoms with Crippen LogP contribution in [0, 0.1) is 42.9 Å². The van der Waals surface area contributed by atoms with Crippen LogP contribution >= 0.6 is 43.5 Å². The molecule has 0 radical (unpaired) electrons. The van der Waals surface area contributed by atoms with Crippen LogP contribution in [-0.2, 0) is 0 Å². The summed E-state index contributed by atoms with van der Waals surface area (Å²) in [5.74, 6) is 0.857. The Morgan fingerprint density at radius 3 is 1.79 bits per heavy atom. The van der Waals surface area contributed by atoms with Crippen molar-refractivity contribution in [2.45, 2.75) is 0 Å². The summed E-state index contributed by atoms with van der Waals surface area (Å²) in [7, 11) is 0. The van der Waals surface area contributed by atoms with Gasteiger partial charge in [-0.3, -0.25) is 20.2 Å². The van der Waals surface area contributed by atoms with Crippen molar-refractivity contribution in [2.24, 2.45) is 0 Å². The number of pyridine rings is 2. The zero-order valence-electron chi connectivity index (χ0n) is 19.2. The zero-order chi connectivity index (χ0) is 28.9. The molecular formula is C24H13Br2ClN6O6. The Bertz CT molecular complexity index is 1560. The third-order valence-corrected chi connectivity index (χ3v) is 5.68. The molecule has 0 aliphatic carbocycles. The van der Waals surface area contributed by atoms with E-state index in [1.54, 1.807) is 30.3 Å². The summed E-state index contributed by atoms with van der Waals surface area (Å²) in [6.07, 6.45) is 2.23. The van der Waals surface area contributed by atoms with Gasteiger partial charge in [0.2, 0.25) is 5.88 Å². The van der Waals surface area contributed by atoms with E-state index in [-0.39, 0.29) is 28.2 Å². The summed E-state index contributed by atoms with van der Waals surface area (Å²) in [5.41, 5.74) is 0.871. The summed E-state index contributed by atoms with van der Waals surface area (Å²) >= 11 is 11.7. The van der Waals surface area contributed by atoms with E-state index < -0.39 is 9.85 Å². The number of nitriles is 2. The lowest BCUT2D eigenvalue weighted by molar-refractivity contribution is -0.385. The second-order valence-corrected chi connectivity index (χ2v) is 8.94. The predicted molar refractivity (Wildman–Crippen MR) is 146 cm³/mol. The number of nitrogens with zero attached hydrogens (tertiary/aromatic N) is 6. The van der Waals surface area contributed by atoms with Gasteiger partial charge in [-0.2, -0.15) is 10.5 Å². The lowest BCUT2D eigenvalue weighted by Crippen LogP contribution is -1.92. The maximum atomic E-state index is 10.5. The van der Waals surface area contributed by atoms with E-state index in [1.807, 2.05) is 12.1 Å². The SMILES string of the molecule is N#Cc1ccc(O)c(Br)c1.N#Cc1ccc(Oc2ccc([N+](=O)[O-])cn2)c(Br)c1.O=[N+]([O-])c1ccc(Cl)nc1. The highest BCUT2D eigenvalue weighted by molar-refractivity contribution is 9.10. The predicted octanol–water partition coefficient (Wildman–Crippen LogP) is 7.09. The van der Waals surface area contributed by atoms with E-state index >= 15 is 0 Å². The number of phenolic OH excluding ortho intramolecular Hbond substituents is 1. The number of halogens is 3. The van der Waals surface area contributed by atoms with Gasteiger partial charge in [-0.25, -0.2) is 9.97 Å². The van der Waals surface area contributed by atoms with Crippen molar-refractivity contribution in [3.63, 3.8) is 0 Å². The van der Waals surface area contributed by atoms with Gasteiger partial charge in [0.05, 0.1) is 42.1 Å². The summed E-state index contributed by atoms with van der Waals surface area (Å²) in [6.45, 7) is 0. The van der Waals surface area contributed by atoms with E-state index in [0.29, 0.717) is 25.8 Å². The molecule has 0 saturated heterocycles. The van der Waals surface area contributed by atoms with Crippen LogP contribution in [0.4, 0.5) is 11.4 Å². The smallest absolute Gasteiger partial charge is 0.287 e. The molecule has 12 nitrogen and oxygen atoms in total. The lowest BCUT2D eigenvalue weighted by atomic mass is 10.2. The maximum absolute atomic E-state index is 10.5. The molecule has 0 atom stereocenters. The van der Waals surface area contributed by atoms with Gasteiger partial charge in [0, 0.05) is 18.2 Å². The number of aromatic hydroxyl groups is 1. The van der Waals surface area contributed by atoms with Crippen LogP contribution in [-0.4, -0.2) is 24.9 Å². The first-order valence-corrected chi connectivity index (χ1v) is 12.1. The molecule has 2 aromatic carbocycles. The van der Waals surface area contributed by atoms with Gasteiger partial charge in [-0.1, -0.05) is 11.6 Å². The first-order chi connectivity index (χ1) is 18.5. The number of rotatable bonds is 4. The molecule has 0 unspecified atom stereocenters. The van der Waals surface area contributed by atoms with E-state index in [2.05, 4.69) is 41.8 Å². The van der Waals surface area contributed by atoms with Gasteiger partial charge in [0.1, 0.15) is 29.0 Å². The van der Waals surface area contributed by atoms with Gasteiger partial charge in [0.25, 0.3) is 11.4 Å². The van der Waals surface area contributed by atoms with Crippen LogP contribution in [0.3, 0.4) is 0 Å². The zero-order valence-corrected chi connectivity index (χ0v) is 23.2. The fourth-order valence-electron chi connectivity index (χ4n) is 2.36. The highest BCUT2D eigenvalue weighted by Gasteiger charge is 2.08. The van der Waals surface area contributed by atoms with E-state index in [4.69, 9.17) is 32.0 Å². The molecule has 196 valence electrons. The summed E-state index contributed by atoms with van der Waals surface area (Å²) in [6, 6.07) is 18.8. The standard InChI is InChI=1S/C12H6BrN3O3.C7H4BrNO.C5H3ClN2O2/c13-10-5-8(6-14)1-3-11(10)19-12-4-2-9(7-15-12)16(17)18;8-6-3-5(4-9)1-2-7(6)10;6-5-2-1-4(3-7-5)8(9)10/h1-5,7H;1-3,10H;1-3H. The van der Waals surface area contributed by atoms with Crippen molar-refractivity contribution in [3.8, 4) is 29.5 Å². The normalized spacial score (nSPS) is 9.36. The van der Waals surface area contributed by atoms with Crippen LogP contribution < -0.4 is 4.74 Å². The minimum atomic E-state index is -0.533. The highest BCUT2D eigenvalue weighted by Crippen LogP contribution is 2.30. The van der Waals surface area contributed by atoms with Crippen molar-refractivity contribution in [2.75, 3.05) is 0 Å². The van der Waals surface area contributed by atoms with Gasteiger partial charge < -0.3 is 9.84 Å². The Kier molecular flexibility index (Phi) is 11.7. The van der Waals surface area contributed by atoms with E-state index in [1.165, 1.54) is 30.3 Å². The molecule has 15 heteroatoms. The molecule has 0 fully saturated rings. The molecule has 2 heterocycles. The number of hydrogen-bond acceptors (Lipinski definition) is 10. The third-order valence-electron chi connectivity index (χ3n) is 4.21. The molecule has 4 aromatic rings. The number of ether oxygens (including phenoxy) is 1. The minimum Gasteiger partial charge on any atom is -0.507 e. The van der Waals surface area contributed by atoms with Gasteiger partial charge in [-0.15, -0.1) is 0 Å².